The Kier molecular flexibility index (Phi) is 6.41. The van der Waals surface area contributed by atoms with E-state index in [9.17, 15) is 14.7 Å². The Morgan fingerprint density at radius 1 is 1.15 bits per heavy atom. The van der Waals surface area contributed by atoms with Crippen molar-refractivity contribution in [3.05, 3.63) is 59.5 Å². The van der Waals surface area contributed by atoms with Crippen LogP contribution in [-0.2, 0) is 11.3 Å². The lowest BCUT2D eigenvalue weighted by molar-refractivity contribution is 0.0523. The highest BCUT2D eigenvalue weighted by molar-refractivity contribution is 5.94. The second-order valence-corrected chi connectivity index (χ2v) is 6.79. The van der Waals surface area contributed by atoms with Crippen molar-refractivity contribution in [1.29, 1.82) is 0 Å². The van der Waals surface area contributed by atoms with Crippen LogP contribution in [0.4, 0.5) is 4.79 Å². The van der Waals surface area contributed by atoms with Gasteiger partial charge in [-0.2, -0.15) is 0 Å². The second-order valence-electron chi connectivity index (χ2n) is 6.79. The summed E-state index contributed by atoms with van der Waals surface area (Å²) in [7, 11) is 0. The van der Waals surface area contributed by atoms with Gasteiger partial charge in [-0.15, -0.1) is 0 Å². The number of rotatable bonds is 6. The third-order valence-electron chi connectivity index (χ3n) is 3.38. The van der Waals surface area contributed by atoms with Gasteiger partial charge in [0.2, 0.25) is 0 Å². The molecule has 2 aromatic rings. The van der Waals surface area contributed by atoms with Gasteiger partial charge in [0.15, 0.2) is 0 Å². The Morgan fingerprint density at radius 2 is 1.85 bits per heavy atom. The molecule has 1 atom stereocenters. The van der Waals surface area contributed by atoms with Gasteiger partial charge >= 0.3 is 6.09 Å². The van der Waals surface area contributed by atoms with E-state index in [2.05, 4.69) is 10.6 Å². The van der Waals surface area contributed by atoms with Crippen LogP contribution in [0, 0.1) is 0 Å². The predicted molar refractivity (Wildman–Crippen MR) is 95.5 cm³/mol. The monoisotopic (exact) mass is 360 g/mol. The average Bonchev–Trinajstić information content (AvgIpc) is 3.11. The van der Waals surface area contributed by atoms with Crippen molar-refractivity contribution >= 4 is 12.0 Å². The maximum absolute atomic E-state index is 12.1. The van der Waals surface area contributed by atoms with E-state index < -0.39 is 17.8 Å². The van der Waals surface area contributed by atoms with Crippen LogP contribution in [0.1, 0.15) is 48.6 Å². The molecule has 0 bridgehead atoms. The zero-order valence-electron chi connectivity index (χ0n) is 15.1. The number of furan rings is 1. The number of benzene rings is 1. The summed E-state index contributed by atoms with van der Waals surface area (Å²) in [4.78, 5) is 23.7. The molecule has 0 saturated carbocycles. The van der Waals surface area contributed by atoms with Gasteiger partial charge in [0.1, 0.15) is 17.5 Å². The lowest BCUT2D eigenvalue weighted by atomic mass is 10.1. The summed E-state index contributed by atoms with van der Waals surface area (Å²) in [5.74, 6) is 0.0936. The van der Waals surface area contributed by atoms with Crippen LogP contribution < -0.4 is 10.6 Å². The number of ether oxygens (including phenoxy) is 1. The minimum absolute atomic E-state index is 0.0499. The molecule has 1 heterocycles. The summed E-state index contributed by atoms with van der Waals surface area (Å²) in [6.07, 6.45) is 0.0715. The summed E-state index contributed by atoms with van der Waals surface area (Å²) in [6.45, 7) is 5.73. The van der Waals surface area contributed by atoms with E-state index in [1.165, 1.54) is 6.26 Å². The number of hydrogen-bond donors (Lipinski definition) is 3. The fraction of sp³-hybridized carbons (Fsp3) is 0.368. The Hall–Kier alpha value is -2.80. The van der Waals surface area contributed by atoms with E-state index >= 15 is 0 Å². The fourth-order valence-electron chi connectivity index (χ4n) is 2.14. The standard InChI is InChI=1S/C19H24N2O5/c1-19(2,3)26-18(24)21-11-13-6-8-14(9-7-13)17(23)20-12-15(22)16-5-4-10-25-16/h4-10,15,22H,11-12H2,1-3H3,(H,20,23)(H,21,24). The van der Waals surface area contributed by atoms with Crippen LogP contribution in [0.2, 0.25) is 0 Å². The van der Waals surface area contributed by atoms with E-state index in [1.54, 1.807) is 57.2 Å². The number of carbonyl (C=O) groups excluding carboxylic acids is 2. The highest BCUT2D eigenvalue weighted by atomic mass is 16.6. The minimum Gasteiger partial charge on any atom is -0.467 e. The molecule has 7 nitrogen and oxygen atoms in total. The van der Waals surface area contributed by atoms with Gasteiger partial charge in [0.05, 0.1) is 12.8 Å². The first-order chi connectivity index (χ1) is 12.2. The zero-order valence-corrected chi connectivity index (χ0v) is 15.1. The molecule has 0 spiro atoms. The highest BCUT2D eigenvalue weighted by Gasteiger charge is 2.16. The molecule has 0 aliphatic heterocycles. The number of alkyl carbamates (subject to hydrolysis) is 1. The van der Waals surface area contributed by atoms with Crippen molar-refractivity contribution < 1.29 is 23.8 Å². The normalized spacial score (nSPS) is 12.3. The minimum atomic E-state index is -0.897. The van der Waals surface area contributed by atoms with Gasteiger partial charge in [-0.1, -0.05) is 12.1 Å². The van der Waals surface area contributed by atoms with E-state index in [4.69, 9.17) is 9.15 Å². The Bertz CT molecular complexity index is 717. The molecule has 2 amide bonds. The number of nitrogens with one attached hydrogen (secondary N) is 2. The first-order valence-electron chi connectivity index (χ1n) is 8.30. The molecule has 3 N–H and O–H groups in total. The lowest BCUT2D eigenvalue weighted by Crippen LogP contribution is -2.32. The molecule has 0 aliphatic rings. The van der Waals surface area contributed by atoms with E-state index in [0.717, 1.165) is 5.56 Å². The predicted octanol–water partition coefficient (Wildman–Crippen LogP) is 2.77. The molecule has 1 unspecified atom stereocenters. The summed E-state index contributed by atoms with van der Waals surface area (Å²) in [6, 6.07) is 10.1. The molecule has 0 saturated heterocycles. The molecular weight excluding hydrogens is 336 g/mol. The average molecular weight is 360 g/mol. The second kappa shape index (κ2) is 8.53. The van der Waals surface area contributed by atoms with Crippen molar-refractivity contribution in [1.82, 2.24) is 10.6 Å². The molecule has 1 aromatic carbocycles. The van der Waals surface area contributed by atoms with Crippen LogP contribution >= 0.6 is 0 Å². The first-order valence-corrected chi connectivity index (χ1v) is 8.30. The van der Waals surface area contributed by atoms with Crippen LogP contribution in [-0.4, -0.2) is 29.3 Å². The van der Waals surface area contributed by atoms with Gasteiger partial charge in [0, 0.05) is 12.1 Å². The molecule has 0 fully saturated rings. The van der Waals surface area contributed by atoms with Crippen LogP contribution in [0.5, 0.6) is 0 Å². The van der Waals surface area contributed by atoms with Gasteiger partial charge in [0.25, 0.3) is 5.91 Å². The van der Waals surface area contributed by atoms with Crippen molar-refractivity contribution in [2.75, 3.05) is 6.54 Å². The molecular formula is C19H24N2O5. The summed E-state index contributed by atoms with van der Waals surface area (Å²) >= 11 is 0. The van der Waals surface area contributed by atoms with Gasteiger partial charge < -0.3 is 24.9 Å². The summed E-state index contributed by atoms with van der Waals surface area (Å²) in [5, 5.41) is 15.2. The maximum Gasteiger partial charge on any atom is 0.407 e. The van der Waals surface area contributed by atoms with Gasteiger partial charge in [-0.3, -0.25) is 4.79 Å². The first kappa shape index (κ1) is 19.5. The van der Waals surface area contributed by atoms with Crippen molar-refractivity contribution in [2.24, 2.45) is 0 Å². The van der Waals surface area contributed by atoms with E-state index in [-0.39, 0.29) is 12.5 Å². The molecule has 140 valence electrons. The Balaban J connectivity index is 1.80. The third kappa shape index (κ3) is 6.25. The molecule has 2 rings (SSSR count). The van der Waals surface area contributed by atoms with E-state index in [1.807, 2.05) is 0 Å². The largest absolute Gasteiger partial charge is 0.467 e. The smallest absolute Gasteiger partial charge is 0.407 e. The Morgan fingerprint density at radius 3 is 2.42 bits per heavy atom. The van der Waals surface area contributed by atoms with Crippen molar-refractivity contribution in [2.45, 2.75) is 39.0 Å². The van der Waals surface area contributed by atoms with Gasteiger partial charge in [-0.25, -0.2) is 4.79 Å². The van der Waals surface area contributed by atoms with E-state index in [0.29, 0.717) is 17.9 Å². The number of aliphatic hydroxyl groups excluding tert-OH is 1. The van der Waals surface area contributed by atoms with Crippen molar-refractivity contribution in [3.8, 4) is 0 Å². The SMILES string of the molecule is CC(C)(C)OC(=O)NCc1ccc(C(=O)NCC(O)c2ccco2)cc1. The maximum atomic E-state index is 12.1. The molecule has 0 aliphatic carbocycles. The zero-order chi connectivity index (χ0) is 19.2. The molecule has 26 heavy (non-hydrogen) atoms. The number of hydrogen-bond acceptors (Lipinski definition) is 5. The van der Waals surface area contributed by atoms with Crippen LogP contribution in [0.25, 0.3) is 0 Å². The van der Waals surface area contributed by atoms with Crippen LogP contribution in [0.15, 0.2) is 47.1 Å². The highest BCUT2D eigenvalue weighted by Crippen LogP contribution is 2.12. The number of amides is 2. The Labute approximate surface area is 152 Å². The summed E-state index contributed by atoms with van der Waals surface area (Å²) in [5.41, 5.74) is 0.743. The van der Waals surface area contributed by atoms with Gasteiger partial charge in [-0.05, 0) is 50.6 Å². The fourth-order valence-corrected chi connectivity index (χ4v) is 2.14. The van der Waals surface area contributed by atoms with Crippen molar-refractivity contribution in [3.63, 3.8) is 0 Å². The third-order valence-corrected chi connectivity index (χ3v) is 3.38. The number of aliphatic hydroxyl groups is 1. The summed E-state index contributed by atoms with van der Waals surface area (Å²) < 4.78 is 10.2. The molecule has 0 radical (unpaired) electrons. The number of carbonyl (C=O) groups is 2. The van der Waals surface area contributed by atoms with Crippen LogP contribution in [0.3, 0.4) is 0 Å². The quantitative estimate of drug-likeness (QED) is 0.735. The molecule has 7 heteroatoms. The molecule has 1 aromatic heterocycles. The lowest BCUT2D eigenvalue weighted by Gasteiger charge is -2.19. The topological polar surface area (TPSA) is 101 Å².